The summed E-state index contributed by atoms with van der Waals surface area (Å²) in [5, 5.41) is 18.0. The van der Waals surface area contributed by atoms with Crippen LogP contribution in [0.1, 0.15) is 36.6 Å². The molecule has 0 aliphatic carbocycles. The van der Waals surface area contributed by atoms with Crippen LogP contribution < -0.4 is 10.6 Å². The van der Waals surface area contributed by atoms with Crippen molar-refractivity contribution >= 4 is 16.7 Å². The summed E-state index contributed by atoms with van der Waals surface area (Å²) in [5.41, 5.74) is 1.26. The van der Waals surface area contributed by atoms with Crippen molar-refractivity contribution in [3.05, 3.63) is 59.7 Å². The second-order valence-corrected chi connectivity index (χ2v) is 8.56. The molecule has 1 aliphatic heterocycles. The summed E-state index contributed by atoms with van der Waals surface area (Å²) in [6.45, 7) is 10.2. The van der Waals surface area contributed by atoms with E-state index in [0.29, 0.717) is 6.54 Å². The first-order valence-electron chi connectivity index (χ1n) is 11.8. The van der Waals surface area contributed by atoms with E-state index in [9.17, 15) is 0 Å². The lowest BCUT2D eigenvalue weighted by Gasteiger charge is -2.26. The van der Waals surface area contributed by atoms with Crippen molar-refractivity contribution in [1.29, 1.82) is 0 Å². The maximum Gasteiger partial charge on any atom is 0.192 e. The van der Waals surface area contributed by atoms with Crippen LogP contribution in [0.5, 0.6) is 0 Å². The molecule has 0 radical (unpaired) electrons. The van der Waals surface area contributed by atoms with Gasteiger partial charge in [0.1, 0.15) is 12.4 Å². The molecule has 1 saturated heterocycles. The molecule has 2 heterocycles. The molecule has 0 bridgehead atoms. The van der Waals surface area contributed by atoms with Crippen molar-refractivity contribution in [3.8, 4) is 0 Å². The predicted molar refractivity (Wildman–Crippen MR) is 132 cm³/mol. The van der Waals surface area contributed by atoms with Crippen LogP contribution >= 0.6 is 0 Å². The molecule has 1 fully saturated rings. The van der Waals surface area contributed by atoms with E-state index in [2.05, 4.69) is 75.1 Å². The molecule has 4 rings (SSSR count). The molecule has 2 aromatic carbocycles. The zero-order chi connectivity index (χ0) is 23.0. The van der Waals surface area contributed by atoms with Crippen LogP contribution in [0.3, 0.4) is 0 Å². The Bertz CT molecular complexity index is 1070. The quantitative estimate of drug-likeness (QED) is 0.313. The predicted octanol–water partition coefficient (Wildman–Crippen LogP) is 2.80. The Hall–Kier alpha value is -2.97. The smallest absolute Gasteiger partial charge is 0.192 e. The molecular formula is C25H35N7O. The number of aromatic nitrogens is 3. The van der Waals surface area contributed by atoms with E-state index >= 15 is 0 Å². The van der Waals surface area contributed by atoms with Gasteiger partial charge in [0.25, 0.3) is 0 Å². The Morgan fingerprint density at radius 1 is 1.12 bits per heavy atom. The molecule has 3 aromatic rings. The summed E-state index contributed by atoms with van der Waals surface area (Å²) in [4.78, 5) is 7.29. The van der Waals surface area contributed by atoms with E-state index in [1.807, 2.05) is 18.5 Å². The van der Waals surface area contributed by atoms with Crippen LogP contribution in [0.25, 0.3) is 10.8 Å². The van der Waals surface area contributed by atoms with Crippen molar-refractivity contribution in [3.63, 3.8) is 0 Å². The van der Waals surface area contributed by atoms with Gasteiger partial charge in [-0.1, -0.05) is 42.5 Å². The van der Waals surface area contributed by atoms with Crippen LogP contribution in [0.15, 0.2) is 47.5 Å². The van der Waals surface area contributed by atoms with Crippen LogP contribution in [-0.2, 0) is 18.3 Å². The Labute approximate surface area is 196 Å². The maximum atomic E-state index is 5.45. The number of aryl methyl sites for hydroxylation is 1. The highest BCUT2D eigenvalue weighted by atomic mass is 16.5. The zero-order valence-corrected chi connectivity index (χ0v) is 19.9. The van der Waals surface area contributed by atoms with Gasteiger partial charge in [0.15, 0.2) is 11.8 Å². The standard InChI is InChI=1S/C25H35N7O/c1-19(22-11-6-9-21-8-4-5-10-23(21)22)28-25(27-18-24-30-29-20(2)31(24)3)26-12-7-13-32-14-16-33-17-15-32/h4-6,8-11,19H,7,12-18H2,1-3H3,(H2,26,27,28). The molecule has 1 aromatic heterocycles. The Morgan fingerprint density at radius 3 is 2.70 bits per heavy atom. The summed E-state index contributed by atoms with van der Waals surface area (Å²) in [7, 11) is 1.97. The number of rotatable bonds is 8. The molecule has 33 heavy (non-hydrogen) atoms. The molecule has 8 nitrogen and oxygen atoms in total. The van der Waals surface area contributed by atoms with Crippen LogP contribution in [0.4, 0.5) is 0 Å². The van der Waals surface area contributed by atoms with E-state index in [-0.39, 0.29) is 6.04 Å². The molecule has 1 aliphatic rings. The highest BCUT2D eigenvalue weighted by molar-refractivity contribution is 5.87. The fourth-order valence-electron chi connectivity index (χ4n) is 4.14. The number of guanidine groups is 1. The van der Waals surface area contributed by atoms with Gasteiger partial charge in [-0.25, -0.2) is 4.99 Å². The summed E-state index contributed by atoms with van der Waals surface area (Å²) >= 11 is 0. The van der Waals surface area contributed by atoms with Gasteiger partial charge in [0.2, 0.25) is 0 Å². The average Bonchev–Trinajstić information content (AvgIpc) is 3.17. The van der Waals surface area contributed by atoms with Crippen LogP contribution in [0.2, 0.25) is 0 Å². The first kappa shape index (κ1) is 23.2. The second-order valence-electron chi connectivity index (χ2n) is 8.56. The largest absolute Gasteiger partial charge is 0.379 e. The monoisotopic (exact) mass is 449 g/mol. The Balaban J connectivity index is 1.43. The number of ether oxygens (including phenoxy) is 1. The van der Waals surface area contributed by atoms with E-state index in [0.717, 1.165) is 63.4 Å². The van der Waals surface area contributed by atoms with Crippen molar-refractivity contribution < 1.29 is 4.74 Å². The molecule has 176 valence electrons. The maximum absolute atomic E-state index is 5.45. The molecule has 0 saturated carbocycles. The summed E-state index contributed by atoms with van der Waals surface area (Å²) in [6.07, 6.45) is 1.05. The fraction of sp³-hybridized carbons (Fsp3) is 0.480. The minimum atomic E-state index is 0.0998. The minimum Gasteiger partial charge on any atom is -0.379 e. The fourth-order valence-corrected chi connectivity index (χ4v) is 4.14. The van der Waals surface area contributed by atoms with Gasteiger partial charge in [0, 0.05) is 26.7 Å². The number of morpholine rings is 1. The lowest BCUT2D eigenvalue weighted by molar-refractivity contribution is 0.0376. The van der Waals surface area contributed by atoms with Crippen molar-refractivity contribution in [1.82, 2.24) is 30.3 Å². The molecule has 8 heteroatoms. The number of hydrogen-bond acceptors (Lipinski definition) is 5. The number of hydrogen-bond donors (Lipinski definition) is 2. The lowest BCUT2D eigenvalue weighted by Crippen LogP contribution is -2.41. The van der Waals surface area contributed by atoms with E-state index in [1.54, 1.807) is 0 Å². The van der Waals surface area contributed by atoms with Crippen molar-refractivity contribution in [2.24, 2.45) is 12.0 Å². The molecule has 0 amide bonds. The summed E-state index contributed by atoms with van der Waals surface area (Å²) < 4.78 is 7.43. The number of nitrogens with zero attached hydrogens (tertiary/aromatic N) is 5. The molecule has 0 spiro atoms. The third kappa shape index (κ3) is 6.09. The molecule has 2 N–H and O–H groups in total. The lowest BCUT2D eigenvalue weighted by atomic mass is 10.00. The third-order valence-corrected chi connectivity index (χ3v) is 6.25. The van der Waals surface area contributed by atoms with Gasteiger partial charge in [0.05, 0.1) is 19.3 Å². The first-order valence-corrected chi connectivity index (χ1v) is 11.8. The number of nitrogens with one attached hydrogen (secondary N) is 2. The normalized spacial score (nSPS) is 16.2. The number of aliphatic imine (C=N–C) groups is 1. The van der Waals surface area contributed by atoms with Crippen LogP contribution in [0, 0.1) is 6.92 Å². The van der Waals surface area contributed by atoms with Crippen molar-refractivity contribution in [2.45, 2.75) is 32.9 Å². The molecule has 1 atom stereocenters. The summed E-state index contributed by atoms with van der Waals surface area (Å²) in [5.74, 6) is 2.52. The topological polar surface area (TPSA) is 79.6 Å². The minimum absolute atomic E-state index is 0.0998. The van der Waals surface area contributed by atoms with E-state index in [1.165, 1.54) is 16.3 Å². The Morgan fingerprint density at radius 2 is 1.91 bits per heavy atom. The summed E-state index contributed by atoms with van der Waals surface area (Å²) in [6, 6.07) is 15.1. The van der Waals surface area contributed by atoms with Gasteiger partial charge in [-0.3, -0.25) is 4.90 Å². The van der Waals surface area contributed by atoms with Gasteiger partial charge >= 0.3 is 0 Å². The Kier molecular flexibility index (Phi) is 7.91. The van der Waals surface area contributed by atoms with E-state index < -0.39 is 0 Å². The SMILES string of the molecule is Cc1nnc(CN=C(NCCCN2CCOCC2)NC(C)c2cccc3ccccc23)n1C. The zero-order valence-electron chi connectivity index (χ0n) is 19.9. The van der Waals surface area contributed by atoms with Gasteiger partial charge in [-0.2, -0.15) is 0 Å². The molecular weight excluding hydrogens is 414 g/mol. The number of fused-ring (bicyclic) bond motifs is 1. The first-order chi connectivity index (χ1) is 16.1. The van der Waals surface area contributed by atoms with E-state index in [4.69, 9.17) is 9.73 Å². The molecule has 1 unspecified atom stereocenters. The van der Waals surface area contributed by atoms with Crippen LogP contribution in [-0.4, -0.2) is 65.0 Å². The third-order valence-electron chi connectivity index (χ3n) is 6.25. The second kappa shape index (κ2) is 11.2. The van der Waals surface area contributed by atoms with Gasteiger partial charge < -0.3 is 19.9 Å². The highest BCUT2D eigenvalue weighted by Gasteiger charge is 2.13. The van der Waals surface area contributed by atoms with Gasteiger partial charge in [-0.05, 0) is 43.1 Å². The van der Waals surface area contributed by atoms with Gasteiger partial charge in [-0.15, -0.1) is 10.2 Å². The number of benzene rings is 2. The average molecular weight is 450 g/mol. The van der Waals surface area contributed by atoms with Crippen molar-refractivity contribution in [2.75, 3.05) is 39.4 Å². The highest BCUT2D eigenvalue weighted by Crippen LogP contribution is 2.24.